The van der Waals surface area contributed by atoms with Crippen molar-refractivity contribution in [2.24, 2.45) is 5.92 Å². The number of benzene rings is 1. The van der Waals surface area contributed by atoms with Gasteiger partial charge < -0.3 is 5.32 Å². The van der Waals surface area contributed by atoms with Crippen LogP contribution >= 0.6 is 0 Å². The lowest BCUT2D eigenvalue weighted by atomic mass is 9.90. The van der Waals surface area contributed by atoms with E-state index in [1.807, 2.05) is 0 Å². The van der Waals surface area contributed by atoms with Crippen molar-refractivity contribution < 1.29 is 17.6 Å². The molecule has 1 atom stereocenters. The van der Waals surface area contributed by atoms with E-state index in [0.717, 1.165) is 38.5 Å². The van der Waals surface area contributed by atoms with Crippen molar-refractivity contribution in [2.45, 2.75) is 90.0 Å². The fourth-order valence-corrected chi connectivity index (χ4v) is 6.10. The van der Waals surface area contributed by atoms with Crippen molar-refractivity contribution in [1.29, 1.82) is 0 Å². The van der Waals surface area contributed by atoms with Crippen LogP contribution in [0.1, 0.15) is 79.1 Å². The highest BCUT2D eigenvalue weighted by Gasteiger charge is 2.35. The third kappa shape index (κ3) is 6.77. The Labute approximate surface area is 182 Å². The summed E-state index contributed by atoms with van der Waals surface area (Å²) >= 11 is 0. The zero-order chi connectivity index (χ0) is 20.0. The monoisotopic (exact) mass is 442 g/mol. The Hall–Kier alpha value is -1.47. The Morgan fingerprint density at radius 3 is 2.20 bits per heavy atom. The van der Waals surface area contributed by atoms with E-state index in [4.69, 9.17) is 0 Å². The van der Waals surface area contributed by atoms with Crippen LogP contribution in [0.25, 0.3) is 0 Å². The maximum Gasteiger partial charge on any atom is 0.243 e. The van der Waals surface area contributed by atoms with Gasteiger partial charge in [-0.3, -0.25) is 4.79 Å². The molecule has 1 saturated heterocycles. The van der Waals surface area contributed by atoms with Gasteiger partial charge in [-0.1, -0.05) is 47.0 Å². The van der Waals surface area contributed by atoms with Crippen molar-refractivity contribution in [3.05, 3.63) is 30.1 Å². The van der Waals surface area contributed by atoms with E-state index >= 15 is 0 Å². The molecule has 1 aromatic rings. The normalized spacial score (nSPS) is 21.0. The second-order valence-corrected chi connectivity index (χ2v) is 9.88. The van der Waals surface area contributed by atoms with Crippen molar-refractivity contribution in [2.75, 3.05) is 13.1 Å². The van der Waals surface area contributed by atoms with Gasteiger partial charge in [0.1, 0.15) is 5.82 Å². The van der Waals surface area contributed by atoms with Crippen LogP contribution in [0.3, 0.4) is 0 Å². The predicted octanol–water partition coefficient (Wildman–Crippen LogP) is 5.12. The minimum absolute atomic E-state index is 0. The Bertz CT molecular complexity index is 744. The third-order valence-electron chi connectivity index (χ3n) is 6.00. The maximum atomic E-state index is 13.1. The second kappa shape index (κ2) is 12.4. The van der Waals surface area contributed by atoms with Crippen LogP contribution in [-0.4, -0.2) is 37.8 Å². The van der Waals surface area contributed by atoms with Crippen molar-refractivity contribution >= 4 is 15.9 Å². The van der Waals surface area contributed by atoms with Gasteiger partial charge in [-0.2, -0.15) is 4.31 Å². The SMILES string of the molecule is C.C.O=C(NCCC1CCCN1S(=O)(=O)c1ccc(F)cc1)C1CCCCCCC1. The zero-order valence-corrected chi connectivity index (χ0v) is 17.2. The van der Waals surface area contributed by atoms with Gasteiger partial charge >= 0.3 is 0 Å². The molecule has 1 aromatic carbocycles. The summed E-state index contributed by atoms with van der Waals surface area (Å²) in [4.78, 5) is 12.6. The summed E-state index contributed by atoms with van der Waals surface area (Å²) < 4.78 is 40.4. The number of carbonyl (C=O) groups excluding carboxylic acids is 1. The largest absolute Gasteiger partial charge is 0.356 e. The Kier molecular flexibility index (Phi) is 11.0. The summed E-state index contributed by atoms with van der Waals surface area (Å²) in [6.45, 7) is 0.969. The molecule has 7 heteroatoms. The molecule has 1 amide bonds. The fraction of sp³-hybridized carbons (Fsp3) is 0.696. The molecule has 1 unspecified atom stereocenters. The first-order valence-corrected chi connectivity index (χ1v) is 12.0. The topological polar surface area (TPSA) is 66.5 Å². The smallest absolute Gasteiger partial charge is 0.243 e. The molecule has 0 aromatic heterocycles. The average molecular weight is 443 g/mol. The molecule has 2 aliphatic rings. The number of sulfonamides is 1. The van der Waals surface area contributed by atoms with Crippen molar-refractivity contribution in [3.63, 3.8) is 0 Å². The Balaban J connectivity index is 0.00000225. The second-order valence-electron chi connectivity index (χ2n) is 7.99. The van der Waals surface area contributed by atoms with Crippen molar-refractivity contribution in [1.82, 2.24) is 9.62 Å². The first kappa shape index (κ1) is 26.6. The van der Waals surface area contributed by atoms with Gasteiger partial charge in [0.2, 0.25) is 15.9 Å². The number of nitrogens with zero attached hydrogens (tertiary/aromatic N) is 1. The summed E-state index contributed by atoms with van der Waals surface area (Å²) in [6.07, 6.45) is 10.0. The quantitative estimate of drug-likeness (QED) is 0.665. The van der Waals surface area contributed by atoms with E-state index in [1.165, 1.54) is 47.8 Å². The van der Waals surface area contributed by atoms with Crippen LogP contribution in [0.15, 0.2) is 29.2 Å². The van der Waals surface area contributed by atoms with Gasteiger partial charge in [0, 0.05) is 25.0 Å². The molecule has 1 saturated carbocycles. The van der Waals surface area contributed by atoms with Gasteiger partial charge in [0.25, 0.3) is 0 Å². The Morgan fingerprint density at radius 2 is 1.57 bits per heavy atom. The number of hydrogen-bond donors (Lipinski definition) is 1. The summed E-state index contributed by atoms with van der Waals surface area (Å²) in [5.41, 5.74) is 0. The summed E-state index contributed by atoms with van der Waals surface area (Å²) in [5.74, 6) is -0.232. The number of carbonyl (C=O) groups is 1. The first-order chi connectivity index (χ1) is 13.5. The first-order valence-electron chi connectivity index (χ1n) is 10.5. The molecular formula is C23H39FN2O3S. The van der Waals surface area contributed by atoms with E-state index in [1.54, 1.807) is 0 Å². The lowest BCUT2D eigenvalue weighted by Gasteiger charge is -2.25. The van der Waals surface area contributed by atoms with Crippen molar-refractivity contribution in [3.8, 4) is 0 Å². The zero-order valence-electron chi connectivity index (χ0n) is 16.4. The van der Waals surface area contributed by atoms with Gasteiger partial charge in [0.05, 0.1) is 4.90 Å². The molecule has 5 nitrogen and oxygen atoms in total. The third-order valence-corrected chi connectivity index (χ3v) is 7.96. The average Bonchev–Trinajstić information content (AvgIpc) is 3.11. The van der Waals surface area contributed by atoms with Crippen LogP contribution in [0, 0.1) is 11.7 Å². The molecule has 0 bridgehead atoms. The van der Waals surface area contributed by atoms with E-state index < -0.39 is 15.8 Å². The van der Waals surface area contributed by atoms with E-state index in [-0.39, 0.29) is 37.6 Å². The predicted molar refractivity (Wildman–Crippen MR) is 120 cm³/mol. The van der Waals surface area contributed by atoms with Crippen LogP contribution in [0.4, 0.5) is 4.39 Å². The molecule has 0 spiro atoms. The summed E-state index contributed by atoms with van der Waals surface area (Å²) in [7, 11) is -3.63. The van der Waals surface area contributed by atoms with Gasteiger partial charge in [-0.15, -0.1) is 0 Å². The van der Waals surface area contributed by atoms with Gasteiger partial charge in [-0.05, 0) is 56.4 Å². The molecule has 1 heterocycles. The molecule has 1 aliphatic carbocycles. The van der Waals surface area contributed by atoms with Crippen LogP contribution < -0.4 is 5.32 Å². The minimum atomic E-state index is -3.63. The van der Waals surface area contributed by atoms with Crippen LogP contribution in [0.2, 0.25) is 0 Å². The molecule has 1 aliphatic heterocycles. The van der Waals surface area contributed by atoms with E-state index in [9.17, 15) is 17.6 Å². The fourth-order valence-electron chi connectivity index (χ4n) is 4.38. The number of hydrogen-bond acceptors (Lipinski definition) is 3. The molecule has 0 radical (unpaired) electrons. The van der Waals surface area contributed by atoms with E-state index in [0.29, 0.717) is 19.5 Å². The maximum absolute atomic E-state index is 13.1. The summed E-state index contributed by atoms with van der Waals surface area (Å²) in [5, 5.41) is 3.04. The highest BCUT2D eigenvalue weighted by Crippen LogP contribution is 2.28. The summed E-state index contributed by atoms with van der Waals surface area (Å²) in [6, 6.07) is 4.86. The molecule has 172 valence electrons. The van der Waals surface area contributed by atoms with E-state index in [2.05, 4.69) is 5.32 Å². The standard InChI is InChI=1S/C21H31FN2O3S.2CH4/c22-18-10-12-20(13-11-18)28(26,27)24-16-6-9-19(24)14-15-23-21(25)17-7-4-2-1-3-5-8-17;;/h10-13,17,19H,1-9,14-16H2,(H,23,25);2*1H4. The highest BCUT2D eigenvalue weighted by atomic mass is 32.2. The Morgan fingerprint density at radius 1 is 0.967 bits per heavy atom. The number of halogens is 1. The van der Waals surface area contributed by atoms with Gasteiger partial charge in [0.15, 0.2) is 0 Å². The molecular weight excluding hydrogens is 403 g/mol. The number of rotatable bonds is 6. The number of nitrogens with one attached hydrogen (secondary N) is 1. The van der Waals surface area contributed by atoms with Crippen LogP contribution in [-0.2, 0) is 14.8 Å². The molecule has 1 N–H and O–H groups in total. The van der Waals surface area contributed by atoms with Crippen LogP contribution in [0.5, 0.6) is 0 Å². The minimum Gasteiger partial charge on any atom is -0.356 e. The molecule has 30 heavy (non-hydrogen) atoms. The lowest BCUT2D eigenvalue weighted by molar-refractivity contribution is -0.125. The molecule has 2 fully saturated rings. The highest BCUT2D eigenvalue weighted by molar-refractivity contribution is 7.89. The lowest BCUT2D eigenvalue weighted by Crippen LogP contribution is -2.39. The van der Waals surface area contributed by atoms with Gasteiger partial charge in [-0.25, -0.2) is 12.8 Å². The number of amides is 1. The molecule has 3 rings (SSSR count).